The topological polar surface area (TPSA) is 55.4 Å². The minimum atomic E-state index is -0.359. The highest BCUT2D eigenvalue weighted by Crippen LogP contribution is 2.37. The van der Waals surface area contributed by atoms with Crippen molar-refractivity contribution < 1.29 is 14.3 Å². The highest BCUT2D eigenvalue weighted by molar-refractivity contribution is 6.00. The minimum Gasteiger partial charge on any atom is -0.497 e. The molecule has 2 aromatic carbocycles. The minimum absolute atomic E-state index is 0.0693. The molecule has 0 saturated heterocycles. The zero-order chi connectivity index (χ0) is 17.8. The van der Waals surface area contributed by atoms with E-state index in [2.05, 4.69) is 5.32 Å². The number of carbonyl (C=O) groups excluding carboxylic acids is 2. The standard InChI is InChI=1S/C21H21NO3/c1-14-12-17(23)13-19(15-6-4-3-5-7-15)20(14)21(24)22-16-8-10-18(25-2)11-9-16/h3-12,19-20H,13H2,1-2H3,(H,22,24). The number of ketones is 1. The van der Waals surface area contributed by atoms with Crippen LogP contribution >= 0.6 is 0 Å². The first kappa shape index (κ1) is 17.0. The van der Waals surface area contributed by atoms with Gasteiger partial charge in [0.05, 0.1) is 13.0 Å². The van der Waals surface area contributed by atoms with Gasteiger partial charge in [0.2, 0.25) is 5.91 Å². The van der Waals surface area contributed by atoms with E-state index in [-0.39, 0.29) is 23.5 Å². The van der Waals surface area contributed by atoms with Crippen molar-refractivity contribution in [2.24, 2.45) is 5.92 Å². The maximum atomic E-state index is 12.9. The first-order valence-corrected chi connectivity index (χ1v) is 8.29. The summed E-state index contributed by atoms with van der Waals surface area (Å²) in [6.07, 6.45) is 1.94. The van der Waals surface area contributed by atoms with Gasteiger partial charge in [-0.05, 0) is 42.8 Å². The number of anilines is 1. The average molecular weight is 335 g/mol. The SMILES string of the molecule is COc1ccc(NC(=O)C2C(C)=CC(=O)CC2c2ccccc2)cc1. The highest BCUT2D eigenvalue weighted by atomic mass is 16.5. The lowest BCUT2D eigenvalue weighted by atomic mass is 9.74. The number of carbonyl (C=O) groups is 2. The lowest BCUT2D eigenvalue weighted by Gasteiger charge is -2.30. The number of hydrogen-bond donors (Lipinski definition) is 1. The van der Waals surface area contributed by atoms with Crippen molar-refractivity contribution in [1.82, 2.24) is 0 Å². The molecule has 0 fully saturated rings. The Hall–Kier alpha value is -2.88. The van der Waals surface area contributed by atoms with Gasteiger partial charge in [-0.3, -0.25) is 9.59 Å². The number of hydrogen-bond acceptors (Lipinski definition) is 3. The van der Waals surface area contributed by atoms with Crippen LogP contribution in [0.3, 0.4) is 0 Å². The first-order valence-electron chi connectivity index (χ1n) is 8.29. The van der Waals surface area contributed by atoms with E-state index in [1.807, 2.05) is 37.3 Å². The monoisotopic (exact) mass is 335 g/mol. The van der Waals surface area contributed by atoms with Gasteiger partial charge in [0.25, 0.3) is 0 Å². The van der Waals surface area contributed by atoms with Crippen LogP contribution in [0.2, 0.25) is 0 Å². The summed E-state index contributed by atoms with van der Waals surface area (Å²) < 4.78 is 5.13. The third-order valence-electron chi connectivity index (χ3n) is 4.57. The maximum Gasteiger partial charge on any atom is 0.232 e. The summed E-state index contributed by atoms with van der Waals surface area (Å²) in [4.78, 5) is 25.0. The molecule has 0 aromatic heterocycles. The fraction of sp³-hybridized carbons (Fsp3) is 0.238. The predicted octanol–water partition coefficient (Wildman–Crippen LogP) is 3.95. The summed E-state index contributed by atoms with van der Waals surface area (Å²) in [6.45, 7) is 1.85. The molecule has 1 amide bonds. The molecule has 4 heteroatoms. The number of nitrogens with one attached hydrogen (secondary N) is 1. The van der Waals surface area contributed by atoms with E-state index >= 15 is 0 Å². The van der Waals surface area contributed by atoms with Crippen LogP contribution in [0.1, 0.15) is 24.8 Å². The molecule has 2 aromatic rings. The summed E-state index contributed by atoms with van der Waals surface area (Å²) in [5.41, 5.74) is 2.52. The van der Waals surface area contributed by atoms with E-state index in [1.165, 1.54) is 0 Å². The van der Waals surface area contributed by atoms with Crippen molar-refractivity contribution in [3.8, 4) is 5.75 Å². The van der Waals surface area contributed by atoms with Crippen LogP contribution in [0.4, 0.5) is 5.69 Å². The van der Waals surface area contributed by atoms with Gasteiger partial charge in [-0.1, -0.05) is 35.9 Å². The van der Waals surface area contributed by atoms with Gasteiger partial charge in [-0.15, -0.1) is 0 Å². The molecule has 0 spiro atoms. The molecule has 4 nitrogen and oxygen atoms in total. The molecule has 128 valence electrons. The fourth-order valence-corrected chi connectivity index (χ4v) is 3.35. The normalized spacial score (nSPS) is 19.9. The molecule has 0 bridgehead atoms. The van der Waals surface area contributed by atoms with Crippen molar-refractivity contribution in [2.45, 2.75) is 19.3 Å². The molecule has 1 N–H and O–H groups in total. The number of benzene rings is 2. The largest absolute Gasteiger partial charge is 0.497 e. The number of allylic oxidation sites excluding steroid dienone is 1. The molecule has 2 atom stereocenters. The Morgan fingerprint density at radius 1 is 1.08 bits per heavy atom. The van der Waals surface area contributed by atoms with E-state index < -0.39 is 0 Å². The molecule has 0 aliphatic heterocycles. The second-order valence-electron chi connectivity index (χ2n) is 6.27. The van der Waals surface area contributed by atoms with E-state index in [1.54, 1.807) is 37.5 Å². The Morgan fingerprint density at radius 2 is 1.76 bits per heavy atom. The second kappa shape index (κ2) is 7.34. The van der Waals surface area contributed by atoms with Gasteiger partial charge >= 0.3 is 0 Å². The van der Waals surface area contributed by atoms with Gasteiger partial charge in [-0.25, -0.2) is 0 Å². The van der Waals surface area contributed by atoms with Crippen LogP contribution in [-0.4, -0.2) is 18.8 Å². The second-order valence-corrected chi connectivity index (χ2v) is 6.27. The fourth-order valence-electron chi connectivity index (χ4n) is 3.35. The van der Waals surface area contributed by atoms with Gasteiger partial charge in [0.15, 0.2) is 5.78 Å². The molecule has 1 aliphatic carbocycles. The highest BCUT2D eigenvalue weighted by Gasteiger charge is 2.35. The number of methoxy groups -OCH3 is 1. The van der Waals surface area contributed by atoms with Crippen molar-refractivity contribution in [1.29, 1.82) is 0 Å². The van der Waals surface area contributed by atoms with Crippen LogP contribution in [0, 0.1) is 5.92 Å². The number of ether oxygens (including phenoxy) is 1. The van der Waals surface area contributed by atoms with E-state index in [4.69, 9.17) is 4.74 Å². The zero-order valence-corrected chi connectivity index (χ0v) is 14.4. The summed E-state index contributed by atoms with van der Waals surface area (Å²) in [5.74, 6) is 0.207. The van der Waals surface area contributed by atoms with Crippen LogP contribution in [0.25, 0.3) is 0 Å². The Bertz CT molecular complexity index is 794. The quantitative estimate of drug-likeness (QED) is 0.920. The van der Waals surface area contributed by atoms with Crippen LogP contribution in [-0.2, 0) is 9.59 Å². The first-order chi connectivity index (χ1) is 12.1. The van der Waals surface area contributed by atoms with E-state index in [9.17, 15) is 9.59 Å². The summed E-state index contributed by atoms with van der Waals surface area (Å²) >= 11 is 0. The van der Waals surface area contributed by atoms with Gasteiger partial charge in [-0.2, -0.15) is 0 Å². The molecule has 0 heterocycles. The molecule has 25 heavy (non-hydrogen) atoms. The summed E-state index contributed by atoms with van der Waals surface area (Å²) in [7, 11) is 1.60. The predicted molar refractivity (Wildman–Crippen MR) is 97.7 cm³/mol. The lowest BCUT2D eigenvalue weighted by molar-refractivity contribution is -0.121. The van der Waals surface area contributed by atoms with Gasteiger partial charge < -0.3 is 10.1 Å². The molecular weight excluding hydrogens is 314 g/mol. The van der Waals surface area contributed by atoms with Crippen LogP contribution in [0.15, 0.2) is 66.2 Å². The van der Waals surface area contributed by atoms with Crippen molar-refractivity contribution in [3.05, 3.63) is 71.8 Å². The number of rotatable bonds is 4. The lowest BCUT2D eigenvalue weighted by Crippen LogP contribution is -2.33. The van der Waals surface area contributed by atoms with Gasteiger partial charge in [0.1, 0.15) is 5.75 Å². The molecule has 0 saturated carbocycles. The third-order valence-corrected chi connectivity index (χ3v) is 4.57. The zero-order valence-electron chi connectivity index (χ0n) is 14.4. The molecular formula is C21H21NO3. The number of amides is 1. The smallest absolute Gasteiger partial charge is 0.232 e. The van der Waals surface area contributed by atoms with E-state index in [0.717, 1.165) is 16.9 Å². The van der Waals surface area contributed by atoms with E-state index in [0.29, 0.717) is 12.1 Å². The Balaban J connectivity index is 1.86. The van der Waals surface area contributed by atoms with Crippen molar-refractivity contribution in [3.63, 3.8) is 0 Å². The molecule has 0 radical (unpaired) electrons. The average Bonchev–Trinajstić information content (AvgIpc) is 2.62. The van der Waals surface area contributed by atoms with Crippen LogP contribution in [0.5, 0.6) is 5.75 Å². The van der Waals surface area contributed by atoms with Gasteiger partial charge in [0, 0.05) is 18.0 Å². The Morgan fingerprint density at radius 3 is 2.40 bits per heavy atom. The maximum absolute atomic E-state index is 12.9. The van der Waals surface area contributed by atoms with Crippen molar-refractivity contribution in [2.75, 3.05) is 12.4 Å². The summed E-state index contributed by atoms with van der Waals surface area (Å²) in [6, 6.07) is 17.0. The Labute approximate surface area is 147 Å². The molecule has 1 aliphatic rings. The Kier molecular flexibility index (Phi) is 4.98. The van der Waals surface area contributed by atoms with Crippen molar-refractivity contribution >= 4 is 17.4 Å². The summed E-state index contributed by atoms with van der Waals surface area (Å²) in [5, 5.41) is 2.96. The van der Waals surface area contributed by atoms with Crippen LogP contribution < -0.4 is 10.1 Å². The molecule has 3 rings (SSSR count). The molecule has 2 unspecified atom stereocenters. The third kappa shape index (κ3) is 3.79.